The van der Waals surface area contributed by atoms with E-state index in [2.05, 4.69) is 17.1 Å². The average molecular weight is 241 g/mol. The second-order valence-corrected chi connectivity index (χ2v) is 5.42. The van der Waals surface area contributed by atoms with E-state index in [1.54, 1.807) is 0 Å². The van der Waals surface area contributed by atoms with Gasteiger partial charge in [-0.1, -0.05) is 6.92 Å². The summed E-state index contributed by atoms with van der Waals surface area (Å²) in [6, 6.07) is 0. The zero-order chi connectivity index (χ0) is 12.9. The molecule has 0 saturated heterocycles. The van der Waals surface area contributed by atoms with E-state index in [0.717, 1.165) is 18.8 Å². The molecule has 3 N–H and O–H groups in total. The molecule has 0 unspecified atom stereocenters. The molecular formula is C13H27N3O. The van der Waals surface area contributed by atoms with Gasteiger partial charge < -0.3 is 11.1 Å². The maximum atomic E-state index is 11.6. The van der Waals surface area contributed by atoms with Crippen molar-refractivity contribution < 1.29 is 4.79 Å². The first-order chi connectivity index (χ1) is 8.04. The van der Waals surface area contributed by atoms with Gasteiger partial charge in [0.1, 0.15) is 0 Å². The quantitative estimate of drug-likeness (QED) is 0.754. The molecule has 1 fully saturated rings. The van der Waals surface area contributed by atoms with Crippen molar-refractivity contribution in [1.29, 1.82) is 0 Å². The van der Waals surface area contributed by atoms with E-state index in [-0.39, 0.29) is 11.4 Å². The van der Waals surface area contributed by atoms with Crippen LogP contribution in [-0.4, -0.2) is 43.0 Å². The van der Waals surface area contributed by atoms with Crippen LogP contribution in [-0.2, 0) is 4.79 Å². The molecule has 0 spiro atoms. The van der Waals surface area contributed by atoms with Crippen molar-refractivity contribution in [2.75, 3.05) is 26.7 Å². The van der Waals surface area contributed by atoms with Crippen LogP contribution in [0.15, 0.2) is 0 Å². The molecule has 1 saturated carbocycles. The molecule has 0 aromatic heterocycles. The number of hydrogen-bond acceptors (Lipinski definition) is 3. The van der Waals surface area contributed by atoms with Crippen molar-refractivity contribution >= 4 is 5.91 Å². The fourth-order valence-corrected chi connectivity index (χ4v) is 2.68. The highest BCUT2D eigenvalue weighted by Crippen LogP contribution is 2.34. The van der Waals surface area contributed by atoms with Gasteiger partial charge in [0.15, 0.2) is 0 Å². The Morgan fingerprint density at radius 3 is 2.53 bits per heavy atom. The van der Waals surface area contributed by atoms with E-state index >= 15 is 0 Å². The second kappa shape index (κ2) is 6.36. The van der Waals surface area contributed by atoms with Gasteiger partial charge >= 0.3 is 0 Å². The van der Waals surface area contributed by atoms with Crippen molar-refractivity contribution in [2.45, 2.75) is 45.1 Å². The van der Waals surface area contributed by atoms with E-state index in [9.17, 15) is 4.79 Å². The molecule has 0 bridgehead atoms. The molecule has 1 aliphatic carbocycles. The Hall–Kier alpha value is -0.610. The Labute approximate surface area is 105 Å². The number of nitrogens with zero attached hydrogens (tertiary/aromatic N) is 1. The standard InChI is InChI=1S/C13H27N3O/c1-4-15-12(17)9-16(3)13(10-14)7-5-11(2)6-8-13/h11H,4-10,14H2,1-3H3,(H,15,17). The van der Waals surface area contributed by atoms with Crippen LogP contribution in [0.2, 0.25) is 0 Å². The minimum atomic E-state index is 0.0393. The molecule has 1 amide bonds. The molecule has 4 heteroatoms. The summed E-state index contributed by atoms with van der Waals surface area (Å²) in [5, 5.41) is 2.84. The van der Waals surface area contributed by atoms with Crippen LogP contribution in [0.5, 0.6) is 0 Å². The lowest BCUT2D eigenvalue weighted by molar-refractivity contribution is -0.123. The van der Waals surface area contributed by atoms with Crippen LogP contribution in [0.3, 0.4) is 0 Å². The second-order valence-electron chi connectivity index (χ2n) is 5.42. The van der Waals surface area contributed by atoms with Crippen molar-refractivity contribution in [1.82, 2.24) is 10.2 Å². The summed E-state index contributed by atoms with van der Waals surface area (Å²) >= 11 is 0. The lowest BCUT2D eigenvalue weighted by Gasteiger charge is -2.45. The summed E-state index contributed by atoms with van der Waals surface area (Å²) in [6.07, 6.45) is 4.66. The van der Waals surface area contributed by atoms with Crippen molar-refractivity contribution in [3.63, 3.8) is 0 Å². The first-order valence-electron chi connectivity index (χ1n) is 6.72. The largest absolute Gasteiger partial charge is 0.355 e. The lowest BCUT2D eigenvalue weighted by Crippen LogP contribution is -2.56. The minimum absolute atomic E-state index is 0.0393. The molecule has 1 aliphatic rings. The number of carbonyl (C=O) groups excluding carboxylic acids is 1. The Morgan fingerprint density at radius 2 is 2.06 bits per heavy atom. The predicted octanol–water partition coefficient (Wildman–Crippen LogP) is 0.962. The maximum absolute atomic E-state index is 11.6. The van der Waals surface area contributed by atoms with Crippen LogP contribution in [0, 0.1) is 5.92 Å². The predicted molar refractivity (Wildman–Crippen MR) is 70.7 cm³/mol. The molecule has 0 heterocycles. The summed E-state index contributed by atoms with van der Waals surface area (Å²) in [6.45, 7) is 6.04. The summed E-state index contributed by atoms with van der Waals surface area (Å²) in [4.78, 5) is 13.8. The summed E-state index contributed by atoms with van der Waals surface area (Å²) in [5.74, 6) is 0.897. The zero-order valence-corrected chi connectivity index (χ0v) is 11.5. The van der Waals surface area contributed by atoms with E-state index in [0.29, 0.717) is 19.6 Å². The molecule has 4 nitrogen and oxygen atoms in total. The number of likely N-dealkylation sites (N-methyl/N-ethyl adjacent to an activating group) is 2. The molecule has 1 rings (SSSR count). The number of rotatable bonds is 5. The van der Waals surface area contributed by atoms with Gasteiger partial charge in [-0.2, -0.15) is 0 Å². The van der Waals surface area contributed by atoms with E-state index in [1.165, 1.54) is 12.8 Å². The average Bonchev–Trinajstić information content (AvgIpc) is 2.30. The number of hydrogen-bond donors (Lipinski definition) is 2. The Morgan fingerprint density at radius 1 is 1.47 bits per heavy atom. The van der Waals surface area contributed by atoms with Gasteiger partial charge in [-0.05, 0) is 45.6 Å². The zero-order valence-electron chi connectivity index (χ0n) is 11.5. The summed E-state index contributed by atoms with van der Waals surface area (Å²) in [5.41, 5.74) is 6.00. The summed E-state index contributed by atoms with van der Waals surface area (Å²) < 4.78 is 0. The minimum Gasteiger partial charge on any atom is -0.355 e. The van der Waals surface area contributed by atoms with Crippen molar-refractivity contribution in [3.8, 4) is 0 Å². The van der Waals surface area contributed by atoms with E-state index in [1.807, 2.05) is 14.0 Å². The molecule has 17 heavy (non-hydrogen) atoms. The fourth-order valence-electron chi connectivity index (χ4n) is 2.68. The molecule has 0 atom stereocenters. The van der Waals surface area contributed by atoms with Crippen molar-refractivity contribution in [3.05, 3.63) is 0 Å². The normalized spacial score (nSPS) is 29.4. The lowest BCUT2D eigenvalue weighted by atomic mass is 9.76. The third-order valence-electron chi connectivity index (χ3n) is 4.15. The van der Waals surface area contributed by atoms with Gasteiger partial charge in [-0.25, -0.2) is 0 Å². The van der Waals surface area contributed by atoms with Crippen LogP contribution < -0.4 is 11.1 Å². The Kier molecular flexibility index (Phi) is 5.40. The smallest absolute Gasteiger partial charge is 0.234 e. The van der Waals surface area contributed by atoms with Gasteiger partial charge in [0.05, 0.1) is 6.54 Å². The van der Waals surface area contributed by atoms with Crippen LogP contribution in [0.25, 0.3) is 0 Å². The highest BCUT2D eigenvalue weighted by atomic mass is 16.2. The van der Waals surface area contributed by atoms with Crippen LogP contribution >= 0.6 is 0 Å². The molecule has 0 aliphatic heterocycles. The van der Waals surface area contributed by atoms with E-state index < -0.39 is 0 Å². The fraction of sp³-hybridized carbons (Fsp3) is 0.923. The highest BCUT2D eigenvalue weighted by Gasteiger charge is 2.37. The number of amides is 1. The maximum Gasteiger partial charge on any atom is 0.234 e. The third kappa shape index (κ3) is 3.68. The first-order valence-corrected chi connectivity index (χ1v) is 6.72. The first kappa shape index (κ1) is 14.5. The van der Waals surface area contributed by atoms with Gasteiger partial charge in [0.25, 0.3) is 0 Å². The topological polar surface area (TPSA) is 58.4 Å². The molecule has 0 aromatic rings. The van der Waals surface area contributed by atoms with Gasteiger partial charge in [0, 0.05) is 18.6 Å². The number of nitrogens with two attached hydrogens (primary N) is 1. The van der Waals surface area contributed by atoms with Crippen molar-refractivity contribution in [2.24, 2.45) is 11.7 Å². The third-order valence-corrected chi connectivity index (χ3v) is 4.15. The van der Waals surface area contributed by atoms with Gasteiger partial charge in [-0.15, -0.1) is 0 Å². The summed E-state index contributed by atoms with van der Waals surface area (Å²) in [7, 11) is 2.03. The van der Waals surface area contributed by atoms with Crippen LogP contribution in [0.1, 0.15) is 39.5 Å². The molecule has 100 valence electrons. The highest BCUT2D eigenvalue weighted by molar-refractivity contribution is 5.78. The Balaban J connectivity index is 2.57. The molecule has 0 radical (unpaired) electrons. The van der Waals surface area contributed by atoms with Gasteiger partial charge in [-0.3, -0.25) is 9.69 Å². The number of carbonyl (C=O) groups is 1. The van der Waals surface area contributed by atoms with E-state index in [4.69, 9.17) is 5.73 Å². The number of nitrogens with one attached hydrogen (secondary N) is 1. The van der Waals surface area contributed by atoms with Crippen LogP contribution in [0.4, 0.5) is 0 Å². The molecular weight excluding hydrogens is 214 g/mol. The SMILES string of the molecule is CCNC(=O)CN(C)C1(CN)CCC(C)CC1. The molecule has 0 aromatic carbocycles. The van der Waals surface area contributed by atoms with Gasteiger partial charge in [0.2, 0.25) is 5.91 Å². The monoisotopic (exact) mass is 241 g/mol. The Bertz CT molecular complexity index is 247.